The fourth-order valence-electron chi connectivity index (χ4n) is 1.16. The molecule has 0 aliphatic rings. The number of aryl methyl sites for hydroxylation is 1. The lowest BCUT2D eigenvalue weighted by Crippen LogP contribution is -2.03. The zero-order chi connectivity index (χ0) is 12.3. The molecule has 2 aromatic heterocycles. The Hall–Kier alpha value is -0.980. The Morgan fingerprint density at radius 1 is 1.35 bits per heavy atom. The summed E-state index contributed by atoms with van der Waals surface area (Å²) >= 11 is 13.1. The monoisotopic (exact) mass is 289 g/mol. The maximum Gasteiger partial charge on any atom is 0.245 e. The minimum absolute atomic E-state index is 0.0604. The van der Waals surface area contributed by atoms with Gasteiger partial charge in [0.25, 0.3) is 0 Å². The summed E-state index contributed by atoms with van der Waals surface area (Å²) < 4.78 is 0. The van der Waals surface area contributed by atoms with Crippen molar-refractivity contribution in [3.8, 4) is 0 Å². The van der Waals surface area contributed by atoms with Crippen molar-refractivity contribution in [1.29, 1.82) is 0 Å². The Labute approximate surface area is 112 Å². The van der Waals surface area contributed by atoms with Crippen LogP contribution in [0.15, 0.2) is 6.20 Å². The maximum atomic E-state index is 5.82. The van der Waals surface area contributed by atoms with Crippen molar-refractivity contribution in [2.75, 3.05) is 5.32 Å². The molecule has 5 nitrogen and oxygen atoms in total. The van der Waals surface area contributed by atoms with Gasteiger partial charge in [-0.2, -0.15) is 4.98 Å². The lowest BCUT2D eigenvalue weighted by Gasteiger charge is -2.03. The quantitative estimate of drug-likeness (QED) is 0.938. The van der Waals surface area contributed by atoms with E-state index in [2.05, 4.69) is 32.4 Å². The minimum Gasteiger partial charge on any atom is -0.361 e. The highest BCUT2D eigenvalue weighted by Gasteiger charge is 2.07. The molecule has 0 bridgehead atoms. The first-order valence-corrected chi connectivity index (χ1v) is 6.49. The van der Waals surface area contributed by atoms with E-state index in [4.69, 9.17) is 23.2 Å². The van der Waals surface area contributed by atoms with Crippen molar-refractivity contribution in [2.45, 2.75) is 19.9 Å². The zero-order valence-electron chi connectivity index (χ0n) is 8.94. The third kappa shape index (κ3) is 3.24. The van der Waals surface area contributed by atoms with Crippen molar-refractivity contribution in [1.82, 2.24) is 20.2 Å². The van der Waals surface area contributed by atoms with E-state index < -0.39 is 0 Å². The Balaban J connectivity index is 2.04. The van der Waals surface area contributed by atoms with Crippen LogP contribution in [0.3, 0.4) is 0 Å². The molecule has 2 heterocycles. The number of anilines is 1. The van der Waals surface area contributed by atoms with Gasteiger partial charge in [-0.25, -0.2) is 4.98 Å². The van der Waals surface area contributed by atoms with Gasteiger partial charge in [0, 0.05) is 11.1 Å². The molecule has 2 rings (SSSR count). The van der Waals surface area contributed by atoms with Crippen LogP contribution < -0.4 is 5.32 Å². The first-order chi connectivity index (χ1) is 8.19. The largest absolute Gasteiger partial charge is 0.361 e. The number of nitrogens with one attached hydrogen (secondary N) is 1. The standard InChI is InChI=1S/C9H9Cl2N5S/c1-2-5-3-12-6(17-5)4-13-8-7(10)15-16-9(11)14-8/h3H,2,4H2,1H3,(H,13,14,16). The molecule has 0 saturated carbocycles. The van der Waals surface area contributed by atoms with Gasteiger partial charge in [0.15, 0.2) is 11.0 Å². The van der Waals surface area contributed by atoms with E-state index in [0.717, 1.165) is 11.4 Å². The third-order valence-corrected chi connectivity index (χ3v) is 3.53. The van der Waals surface area contributed by atoms with E-state index in [9.17, 15) is 0 Å². The Bertz CT molecular complexity index is 516. The van der Waals surface area contributed by atoms with Crippen molar-refractivity contribution in [3.05, 3.63) is 26.5 Å². The average Bonchev–Trinajstić information content (AvgIpc) is 2.78. The van der Waals surface area contributed by atoms with Crippen molar-refractivity contribution < 1.29 is 0 Å². The van der Waals surface area contributed by atoms with Gasteiger partial charge >= 0.3 is 0 Å². The smallest absolute Gasteiger partial charge is 0.245 e. The molecule has 0 radical (unpaired) electrons. The Kier molecular flexibility index (Phi) is 4.09. The Morgan fingerprint density at radius 2 is 2.18 bits per heavy atom. The van der Waals surface area contributed by atoms with Crippen LogP contribution in [0.1, 0.15) is 16.8 Å². The first kappa shape index (κ1) is 12.5. The fourth-order valence-corrected chi connectivity index (χ4v) is 2.23. The molecule has 2 aromatic rings. The summed E-state index contributed by atoms with van der Waals surface area (Å²) in [6.45, 7) is 2.63. The highest BCUT2D eigenvalue weighted by Crippen LogP contribution is 2.19. The molecule has 0 aromatic carbocycles. The molecule has 0 aliphatic heterocycles. The SMILES string of the molecule is CCc1cnc(CNc2nc(Cl)nnc2Cl)s1. The van der Waals surface area contributed by atoms with Crippen LogP contribution >= 0.6 is 34.5 Å². The molecule has 0 amide bonds. The molecule has 90 valence electrons. The number of rotatable bonds is 4. The van der Waals surface area contributed by atoms with Gasteiger partial charge < -0.3 is 5.32 Å². The predicted molar refractivity (Wildman–Crippen MR) is 68.7 cm³/mol. The van der Waals surface area contributed by atoms with E-state index in [1.807, 2.05) is 6.20 Å². The number of halogens is 2. The van der Waals surface area contributed by atoms with Crippen molar-refractivity contribution in [3.63, 3.8) is 0 Å². The van der Waals surface area contributed by atoms with Crippen molar-refractivity contribution in [2.24, 2.45) is 0 Å². The van der Waals surface area contributed by atoms with Gasteiger partial charge in [0.05, 0.1) is 6.54 Å². The highest BCUT2D eigenvalue weighted by atomic mass is 35.5. The summed E-state index contributed by atoms with van der Waals surface area (Å²) in [4.78, 5) is 9.45. The number of nitrogens with zero attached hydrogens (tertiary/aromatic N) is 4. The molecule has 1 N–H and O–H groups in total. The average molecular weight is 290 g/mol. The predicted octanol–water partition coefficient (Wildman–Crippen LogP) is 2.81. The van der Waals surface area contributed by atoms with Gasteiger partial charge in [-0.15, -0.1) is 21.5 Å². The number of thiazole rings is 1. The van der Waals surface area contributed by atoms with Gasteiger partial charge in [0.1, 0.15) is 5.01 Å². The second-order valence-corrected chi connectivity index (χ2v) is 5.04. The summed E-state index contributed by atoms with van der Waals surface area (Å²) in [5.74, 6) is 0.417. The highest BCUT2D eigenvalue weighted by molar-refractivity contribution is 7.11. The van der Waals surface area contributed by atoms with Crippen LogP contribution in [-0.4, -0.2) is 20.2 Å². The van der Waals surface area contributed by atoms with E-state index in [-0.39, 0.29) is 10.4 Å². The second-order valence-electron chi connectivity index (χ2n) is 3.15. The van der Waals surface area contributed by atoms with Crippen LogP contribution in [0.5, 0.6) is 0 Å². The summed E-state index contributed by atoms with van der Waals surface area (Å²) in [5.41, 5.74) is 0. The molecule has 0 saturated heterocycles. The molecule has 0 aliphatic carbocycles. The number of aromatic nitrogens is 4. The van der Waals surface area contributed by atoms with E-state index >= 15 is 0 Å². The summed E-state index contributed by atoms with van der Waals surface area (Å²) in [5, 5.41) is 11.4. The van der Waals surface area contributed by atoms with Gasteiger partial charge in [0.2, 0.25) is 5.28 Å². The first-order valence-electron chi connectivity index (χ1n) is 4.92. The van der Waals surface area contributed by atoms with E-state index in [0.29, 0.717) is 12.4 Å². The van der Waals surface area contributed by atoms with Crippen LogP contribution in [-0.2, 0) is 13.0 Å². The molecule has 17 heavy (non-hydrogen) atoms. The number of hydrogen-bond donors (Lipinski definition) is 1. The molecule has 8 heteroatoms. The topological polar surface area (TPSA) is 63.6 Å². The van der Waals surface area contributed by atoms with E-state index in [1.165, 1.54) is 4.88 Å². The van der Waals surface area contributed by atoms with E-state index in [1.54, 1.807) is 11.3 Å². The van der Waals surface area contributed by atoms with Crippen LogP contribution in [0.25, 0.3) is 0 Å². The summed E-state index contributed by atoms with van der Waals surface area (Å²) in [6, 6.07) is 0. The van der Waals surface area contributed by atoms with Crippen LogP contribution in [0, 0.1) is 0 Å². The van der Waals surface area contributed by atoms with Crippen molar-refractivity contribution >= 4 is 40.4 Å². The molecular formula is C9H9Cl2N5S. The molecule has 0 unspecified atom stereocenters. The van der Waals surface area contributed by atoms with Gasteiger partial charge in [-0.3, -0.25) is 0 Å². The normalized spacial score (nSPS) is 10.5. The lowest BCUT2D eigenvalue weighted by atomic mass is 10.4. The Morgan fingerprint density at radius 3 is 2.88 bits per heavy atom. The molecular weight excluding hydrogens is 281 g/mol. The number of hydrogen-bond acceptors (Lipinski definition) is 6. The minimum atomic E-state index is 0.0604. The van der Waals surface area contributed by atoms with Crippen LogP contribution in [0.4, 0.5) is 5.82 Å². The summed E-state index contributed by atoms with van der Waals surface area (Å²) in [7, 11) is 0. The molecule has 0 atom stereocenters. The van der Waals surface area contributed by atoms with Crippen LogP contribution in [0.2, 0.25) is 10.4 Å². The second kappa shape index (κ2) is 5.57. The maximum absolute atomic E-state index is 5.82. The molecule has 0 fully saturated rings. The lowest BCUT2D eigenvalue weighted by molar-refractivity contribution is 0.956. The fraction of sp³-hybridized carbons (Fsp3) is 0.333. The van der Waals surface area contributed by atoms with Gasteiger partial charge in [-0.1, -0.05) is 18.5 Å². The molecule has 0 spiro atoms. The summed E-state index contributed by atoms with van der Waals surface area (Å²) in [6.07, 6.45) is 2.85. The zero-order valence-corrected chi connectivity index (χ0v) is 11.3. The van der Waals surface area contributed by atoms with Gasteiger partial charge in [-0.05, 0) is 18.0 Å². The third-order valence-electron chi connectivity index (χ3n) is 1.98.